The van der Waals surface area contributed by atoms with Crippen LogP contribution in [0, 0.1) is 11.3 Å². The summed E-state index contributed by atoms with van der Waals surface area (Å²) in [5.41, 5.74) is 0. The summed E-state index contributed by atoms with van der Waals surface area (Å²) in [5, 5.41) is 8.90. The van der Waals surface area contributed by atoms with Gasteiger partial charge in [-0.15, -0.1) is 0 Å². The van der Waals surface area contributed by atoms with Gasteiger partial charge in [0.25, 0.3) is 0 Å². The molecule has 0 bridgehead atoms. The van der Waals surface area contributed by atoms with E-state index < -0.39 is 0 Å². The van der Waals surface area contributed by atoms with Gasteiger partial charge in [0.1, 0.15) is 12.4 Å². The number of benzene rings is 1. The first-order chi connectivity index (χ1) is 9.29. The van der Waals surface area contributed by atoms with Crippen LogP contribution >= 0.6 is 0 Å². The molecule has 4 nitrogen and oxygen atoms in total. The molecule has 2 rings (SSSR count). The number of rotatable bonds is 5. The van der Waals surface area contributed by atoms with E-state index in [4.69, 9.17) is 10.00 Å². The topological polar surface area (TPSA) is 39.5 Å². The largest absolute Gasteiger partial charge is 0.492 e. The molecule has 19 heavy (non-hydrogen) atoms. The number of nitrogens with zero attached hydrogens (tertiary/aromatic N) is 3. The summed E-state index contributed by atoms with van der Waals surface area (Å²) in [6, 6.07) is 12.2. The third-order valence-electron chi connectivity index (χ3n) is 3.56. The molecule has 102 valence electrons. The van der Waals surface area contributed by atoms with E-state index in [9.17, 15) is 0 Å². The average molecular weight is 259 g/mol. The third kappa shape index (κ3) is 4.23. The summed E-state index contributed by atoms with van der Waals surface area (Å²) >= 11 is 0. The predicted octanol–water partition coefficient (Wildman–Crippen LogP) is 1.60. The molecule has 1 heterocycles. The number of hydrogen-bond acceptors (Lipinski definition) is 4. The Bertz CT molecular complexity index is 407. The van der Waals surface area contributed by atoms with Crippen molar-refractivity contribution in [2.75, 3.05) is 39.3 Å². The van der Waals surface area contributed by atoms with Gasteiger partial charge < -0.3 is 4.74 Å². The van der Waals surface area contributed by atoms with Gasteiger partial charge in [-0.25, -0.2) is 0 Å². The van der Waals surface area contributed by atoms with Gasteiger partial charge in [0.05, 0.1) is 12.1 Å². The Balaban J connectivity index is 1.65. The number of nitriles is 1. The maximum Gasteiger partial charge on any atom is 0.119 e. The summed E-state index contributed by atoms with van der Waals surface area (Å²) in [6.45, 7) is 7.62. The van der Waals surface area contributed by atoms with E-state index in [1.54, 1.807) is 0 Å². The van der Waals surface area contributed by atoms with Crippen molar-refractivity contribution >= 4 is 0 Å². The Hall–Kier alpha value is -1.57. The monoisotopic (exact) mass is 259 g/mol. The molecular formula is C15H21N3O. The van der Waals surface area contributed by atoms with Crippen LogP contribution in [0.3, 0.4) is 0 Å². The van der Waals surface area contributed by atoms with Crippen LogP contribution in [0.15, 0.2) is 30.3 Å². The minimum absolute atomic E-state index is 0.0303. The maximum atomic E-state index is 8.90. The zero-order chi connectivity index (χ0) is 13.5. The fourth-order valence-corrected chi connectivity index (χ4v) is 2.27. The van der Waals surface area contributed by atoms with Gasteiger partial charge in [-0.3, -0.25) is 9.80 Å². The molecule has 0 amide bonds. The van der Waals surface area contributed by atoms with Gasteiger partial charge in [-0.05, 0) is 19.1 Å². The Kier molecular flexibility index (Phi) is 5.20. The Morgan fingerprint density at radius 2 is 1.89 bits per heavy atom. The number of ether oxygens (including phenoxy) is 1. The molecule has 1 aromatic rings. The van der Waals surface area contributed by atoms with Crippen LogP contribution in [-0.4, -0.2) is 55.2 Å². The smallest absolute Gasteiger partial charge is 0.119 e. The fourth-order valence-electron chi connectivity index (χ4n) is 2.27. The van der Waals surface area contributed by atoms with Crippen molar-refractivity contribution in [2.45, 2.75) is 13.0 Å². The number of para-hydroxylation sites is 1. The lowest BCUT2D eigenvalue weighted by atomic mass is 10.2. The van der Waals surface area contributed by atoms with Gasteiger partial charge >= 0.3 is 0 Å². The molecule has 0 spiro atoms. The van der Waals surface area contributed by atoms with Gasteiger partial charge in [0.15, 0.2) is 0 Å². The van der Waals surface area contributed by atoms with Crippen molar-refractivity contribution in [1.29, 1.82) is 5.26 Å². The molecule has 0 radical (unpaired) electrons. The van der Waals surface area contributed by atoms with E-state index in [0.29, 0.717) is 0 Å². The van der Waals surface area contributed by atoms with Crippen LogP contribution < -0.4 is 4.74 Å². The second-order valence-electron chi connectivity index (χ2n) is 4.84. The minimum Gasteiger partial charge on any atom is -0.492 e. The second-order valence-corrected chi connectivity index (χ2v) is 4.84. The molecule has 0 saturated carbocycles. The predicted molar refractivity (Wildman–Crippen MR) is 75.0 cm³/mol. The highest BCUT2D eigenvalue weighted by atomic mass is 16.5. The molecule has 0 N–H and O–H groups in total. The number of piperazine rings is 1. The van der Waals surface area contributed by atoms with Gasteiger partial charge in [-0.2, -0.15) is 5.26 Å². The van der Waals surface area contributed by atoms with E-state index in [1.165, 1.54) is 0 Å². The average Bonchev–Trinajstić information content (AvgIpc) is 2.48. The molecule has 1 aromatic carbocycles. The Morgan fingerprint density at radius 1 is 1.21 bits per heavy atom. The van der Waals surface area contributed by atoms with E-state index >= 15 is 0 Å². The quantitative estimate of drug-likeness (QED) is 0.805. The molecule has 1 atom stereocenters. The molecule has 4 heteroatoms. The minimum atomic E-state index is 0.0303. The van der Waals surface area contributed by atoms with Crippen molar-refractivity contribution < 1.29 is 4.74 Å². The van der Waals surface area contributed by atoms with Crippen molar-refractivity contribution in [2.24, 2.45) is 0 Å². The van der Waals surface area contributed by atoms with Gasteiger partial charge in [-0.1, -0.05) is 18.2 Å². The van der Waals surface area contributed by atoms with Crippen molar-refractivity contribution in [1.82, 2.24) is 9.80 Å². The van der Waals surface area contributed by atoms with Crippen molar-refractivity contribution in [3.05, 3.63) is 30.3 Å². The maximum absolute atomic E-state index is 8.90. The summed E-state index contributed by atoms with van der Waals surface area (Å²) in [5.74, 6) is 0.930. The van der Waals surface area contributed by atoms with E-state index in [2.05, 4.69) is 15.9 Å². The van der Waals surface area contributed by atoms with Crippen molar-refractivity contribution in [3.8, 4) is 11.8 Å². The lowest BCUT2D eigenvalue weighted by molar-refractivity contribution is 0.106. The van der Waals surface area contributed by atoms with Gasteiger partial charge in [0.2, 0.25) is 0 Å². The van der Waals surface area contributed by atoms with Crippen LogP contribution in [0.2, 0.25) is 0 Å². The summed E-state index contributed by atoms with van der Waals surface area (Å²) in [6.07, 6.45) is 0. The third-order valence-corrected chi connectivity index (χ3v) is 3.56. The molecule has 0 aromatic heterocycles. The zero-order valence-corrected chi connectivity index (χ0v) is 11.5. The van der Waals surface area contributed by atoms with E-state index in [0.717, 1.165) is 45.1 Å². The van der Waals surface area contributed by atoms with Crippen LogP contribution in [0.25, 0.3) is 0 Å². The fraction of sp³-hybridized carbons (Fsp3) is 0.533. The lowest BCUT2D eigenvalue weighted by Crippen LogP contribution is -2.50. The molecular weight excluding hydrogens is 238 g/mol. The van der Waals surface area contributed by atoms with Crippen molar-refractivity contribution in [3.63, 3.8) is 0 Å². The van der Waals surface area contributed by atoms with Crippen LogP contribution in [0.4, 0.5) is 0 Å². The highest BCUT2D eigenvalue weighted by molar-refractivity contribution is 5.20. The normalized spacial score (nSPS) is 18.7. The van der Waals surface area contributed by atoms with E-state index in [-0.39, 0.29) is 6.04 Å². The molecule has 1 saturated heterocycles. The van der Waals surface area contributed by atoms with Crippen LogP contribution in [0.5, 0.6) is 5.75 Å². The molecule has 1 aliphatic heterocycles. The first-order valence-electron chi connectivity index (χ1n) is 6.83. The first-order valence-corrected chi connectivity index (χ1v) is 6.83. The first kappa shape index (κ1) is 13.9. The summed E-state index contributed by atoms with van der Waals surface area (Å²) in [4.78, 5) is 4.62. The standard InChI is InChI=1S/C15H21N3O/c1-14(13-16)18-9-7-17(8-10-18)11-12-19-15-5-3-2-4-6-15/h2-6,14H,7-12H2,1H3/t14-/m0/s1. The highest BCUT2D eigenvalue weighted by Gasteiger charge is 2.20. The van der Waals surface area contributed by atoms with E-state index in [1.807, 2.05) is 37.3 Å². The Morgan fingerprint density at radius 3 is 2.53 bits per heavy atom. The Labute approximate surface area is 115 Å². The molecule has 0 aliphatic carbocycles. The summed E-state index contributed by atoms with van der Waals surface area (Å²) in [7, 11) is 0. The van der Waals surface area contributed by atoms with Crippen LogP contribution in [-0.2, 0) is 0 Å². The highest BCUT2D eigenvalue weighted by Crippen LogP contribution is 2.09. The number of hydrogen-bond donors (Lipinski definition) is 0. The van der Waals surface area contributed by atoms with Gasteiger partial charge in [0, 0.05) is 32.7 Å². The second kappa shape index (κ2) is 7.13. The molecule has 1 aliphatic rings. The SMILES string of the molecule is C[C@@H](C#N)N1CCN(CCOc2ccccc2)CC1. The molecule has 0 unspecified atom stereocenters. The molecule has 1 fully saturated rings. The summed E-state index contributed by atoms with van der Waals surface area (Å²) < 4.78 is 5.70. The van der Waals surface area contributed by atoms with Crippen LogP contribution in [0.1, 0.15) is 6.92 Å². The zero-order valence-electron chi connectivity index (χ0n) is 11.5. The lowest BCUT2D eigenvalue weighted by Gasteiger charge is -2.35.